The number of nitrogens with zero attached hydrogens (tertiary/aromatic N) is 1. The first-order valence-electron chi connectivity index (χ1n) is 8.91. The van der Waals surface area contributed by atoms with Crippen molar-refractivity contribution in [2.24, 2.45) is 0 Å². The fraction of sp³-hybridized carbons (Fsp3) is 0.0952. The number of aromatic nitrogens is 2. The van der Waals surface area contributed by atoms with Crippen molar-refractivity contribution in [2.75, 3.05) is 7.11 Å². The molecule has 0 amide bonds. The van der Waals surface area contributed by atoms with Gasteiger partial charge in [-0.05, 0) is 35.9 Å². The summed E-state index contributed by atoms with van der Waals surface area (Å²) in [4.78, 5) is 41.4. The number of methoxy groups -OCH3 is 1. The molecule has 0 fully saturated rings. The summed E-state index contributed by atoms with van der Waals surface area (Å²) in [6, 6.07) is 12.3. The highest BCUT2D eigenvalue weighted by Gasteiger charge is 2.20. The smallest absolute Gasteiger partial charge is 0.348 e. The monoisotopic (exact) mass is 492 g/mol. The predicted molar refractivity (Wildman–Crippen MR) is 125 cm³/mol. The van der Waals surface area contributed by atoms with Crippen LogP contribution in [0.25, 0.3) is 16.6 Å². The number of carbonyl (C=O) groups excluding carboxylic acids is 1. The number of ether oxygens (including phenoxy) is 1. The van der Waals surface area contributed by atoms with E-state index in [1.807, 2.05) is 6.07 Å². The second kappa shape index (κ2) is 8.92. The third-order valence-corrected chi connectivity index (χ3v) is 7.23. The molecule has 2 aromatic heterocycles. The zero-order valence-corrected chi connectivity index (χ0v) is 19.1. The molecule has 6 nitrogen and oxygen atoms in total. The molecule has 0 saturated carbocycles. The van der Waals surface area contributed by atoms with Crippen LogP contribution in [0.5, 0.6) is 0 Å². The molecule has 31 heavy (non-hydrogen) atoms. The molecular formula is C21H14Cl2N2O4S2. The van der Waals surface area contributed by atoms with Gasteiger partial charge in [0.15, 0.2) is 0 Å². The van der Waals surface area contributed by atoms with Crippen molar-refractivity contribution in [3.05, 3.63) is 89.2 Å². The Balaban J connectivity index is 1.75. The van der Waals surface area contributed by atoms with Crippen LogP contribution in [0.1, 0.15) is 15.2 Å². The van der Waals surface area contributed by atoms with E-state index in [-0.39, 0.29) is 10.3 Å². The van der Waals surface area contributed by atoms with Gasteiger partial charge in [0, 0.05) is 26.1 Å². The SMILES string of the molecule is COC(=O)c1scc2[nH]c(=O)n(-c3cccc(SCc4c(Cl)cccc4Cl)c3)c(=O)c12. The van der Waals surface area contributed by atoms with Gasteiger partial charge < -0.3 is 9.72 Å². The van der Waals surface area contributed by atoms with Crippen molar-refractivity contribution in [3.63, 3.8) is 0 Å². The molecule has 158 valence electrons. The maximum absolute atomic E-state index is 13.1. The number of H-pyrrole nitrogens is 1. The number of rotatable bonds is 5. The van der Waals surface area contributed by atoms with Crippen LogP contribution in [-0.2, 0) is 10.5 Å². The van der Waals surface area contributed by atoms with Crippen molar-refractivity contribution >= 4 is 63.2 Å². The first-order chi connectivity index (χ1) is 14.9. The fourth-order valence-corrected chi connectivity index (χ4v) is 5.65. The average Bonchev–Trinajstić information content (AvgIpc) is 3.17. The Kier molecular flexibility index (Phi) is 6.24. The lowest BCUT2D eigenvalue weighted by atomic mass is 10.2. The Morgan fingerprint density at radius 3 is 2.58 bits per heavy atom. The molecule has 2 aromatic carbocycles. The van der Waals surface area contributed by atoms with Crippen LogP contribution in [0.15, 0.2) is 62.3 Å². The Bertz CT molecular complexity index is 1400. The lowest BCUT2D eigenvalue weighted by molar-refractivity contribution is 0.0608. The maximum atomic E-state index is 13.1. The lowest BCUT2D eigenvalue weighted by Gasteiger charge is -2.09. The van der Waals surface area contributed by atoms with Crippen LogP contribution < -0.4 is 11.2 Å². The number of thiophene rings is 1. The number of esters is 1. The first-order valence-corrected chi connectivity index (χ1v) is 11.5. The van der Waals surface area contributed by atoms with E-state index in [1.54, 1.807) is 41.8 Å². The van der Waals surface area contributed by atoms with Crippen LogP contribution >= 0.6 is 46.3 Å². The highest BCUT2D eigenvalue weighted by atomic mass is 35.5. The van der Waals surface area contributed by atoms with E-state index in [9.17, 15) is 14.4 Å². The quantitative estimate of drug-likeness (QED) is 0.308. The van der Waals surface area contributed by atoms with Crippen molar-refractivity contribution in [1.82, 2.24) is 9.55 Å². The number of hydrogen-bond donors (Lipinski definition) is 1. The molecule has 0 saturated heterocycles. The van der Waals surface area contributed by atoms with Crippen molar-refractivity contribution in [2.45, 2.75) is 10.6 Å². The number of hydrogen-bond acceptors (Lipinski definition) is 6. The van der Waals surface area contributed by atoms with Gasteiger partial charge in [-0.2, -0.15) is 0 Å². The molecule has 0 aliphatic heterocycles. The Hall–Kier alpha value is -2.52. The number of fused-ring (bicyclic) bond motifs is 1. The average molecular weight is 493 g/mol. The standard InChI is InChI=1S/C21H14Cl2N2O4S2/c1-29-20(27)18-17-16(10-31-18)24-21(28)25(19(17)26)11-4-2-5-12(8-11)30-9-13-14(22)6-3-7-15(13)23/h2-8,10H,9H2,1H3,(H,24,28). The van der Waals surface area contributed by atoms with Gasteiger partial charge in [-0.25, -0.2) is 14.2 Å². The van der Waals surface area contributed by atoms with Gasteiger partial charge in [0.1, 0.15) is 4.88 Å². The largest absolute Gasteiger partial charge is 0.465 e. The summed E-state index contributed by atoms with van der Waals surface area (Å²) in [6.07, 6.45) is 0. The number of benzene rings is 2. The van der Waals surface area contributed by atoms with Gasteiger partial charge in [0.05, 0.1) is 23.7 Å². The molecule has 0 bridgehead atoms. The van der Waals surface area contributed by atoms with Crippen LogP contribution in [0.2, 0.25) is 10.0 Å². The van der Waals surface area contributed by atoms with E-state index < -0.39 is 17.2 Å². The van der Waals surface area contributed by atoms with Gasteiger partial charge in [0.2, 0.25) is 0 Å². The molecule has 10 heteroatoms. The normalized spacial score (nSPS) is 11.1. The molecule has 0 aliphatic carbocycles. The summed E-state index contributed by atoms with van der Waals surface area (Å²) in [5, 5.41) is 2.82. The van der Waals surface area contributed by atoms with Crippen LogP contribution in [-0.4, -0.2) is 22.6 Å². The van der Waals surface area contributed by atoms with Gasteiger partial charge in [-0.15, -0.1) is 23.1 Å². The van der Waals surface area contributed by atoms with Crippen molar-refractivity contribution < 1.29 is 9.53 Å². The topological polar surface area (TPSA) is 81.2 Å². The van der Waals surface area contributed by atoms with Crippen molar-refractivity contribution in [3.8, 4) is 5.69 Å². The summed E-state index contributed by atoms with van der Waals surface area (Å²) >= 11 is 15.0. The molecule has 0 radical (unpaired) electrons. The minimum absolute atomic E-state index is 0.123. The van der Waals surface area contributed by atoms with Crippen LogP contribution in [0.3, 0.4) is 0 Å². The highest BCUT2D eigenvalue weighted by molar-refractivity contribution is 7.98. The number of thioether (sulfide) groups is 1. The molecule has 0 unspecified atom stereocenters. The second-order valence-electron chi connectivity index (χ2n) is 6.40. The minimum atomic E-state index is -0.628. The second-order valence-corrected chi connectivity index (χ2v) is 9.14. The zero-order valence-electron chi connectivity index (χ0n) is 16.0. The number of carbonyl (C=O) groups is 1. The van der Waals surface area contributed by atoms with Crippen LogP contribution in [0.4, 0.5) is 0 Å². The third kappa shape index (κ3) is 4.16. The number of halogens is 2. The molecule has 0 atom stereocenters. The van der Waals surface area contributed by atoms with Crippen LogP contribution in [0, 0.1) is 0 Å². The third-order valence-electron chi connectivity index (χ3n) is 4.54. The zero-order chi connectivity index (χ0) is 22.1. The molecule has 2 heterocycles. The number of nitrogens with one attached hydrogen (secondary N) is 1. The highest BCUT2D eigenvalue weighted by Crippen LogP contribution is 2.32. The lowest BCUT2D eigenvalue weighted by Crippen LogP contribution is -2.33. The van der Waals surface area contributed by atoms with E-state index in [0.717, 1.165) is 26.4 Å². The van der Waals surface area contributed by atoms with E-state index in [4.69, 9.17) is 27.9 Å². The number of aromatic amines is 1. The fourth-order valence-electron chi connectivity index (χ4n) is 3.05. The summed E-state index contributed by atoms with van der Waals surface area (Å²) in [5.41, 5.74) is 0.305. The predicted octanol–water partition coefficient (Wildman–Crippen LogP) is 5.13. The van der Waals surface area contributed by atoms with Gasteiger partial charge in [-0.3, -0.25) is 4.79 Å². The van der Waals surface area contributed by atoms with E-state index >= 15 is 0 Å². The molecular weight excluding hydrogens is 479 g/mol. The molecule has 0 spiro atoms. The molecule has 0 aliphatic rings. The van der Waals surface area contributed by atoms with E-state index in [1.165, 1.54) is 18.9 Å². The summed E-state index contributed by atoms with van der Waals surface area (Å²) < 4.78 is 5.76. The minimum Gasteiger partial charge on any atom is -0.465 e. The van der Waals surface area contributed by atoms with E-state index in [0.29, 0.717) is 27.0 Å². The van der Waals surface area contributed by atoms with Crippen molar-refractivity contribution in [1.29, 1.82) is 0 Å². The first kappa shape index (κ1) is 21.7. The maximum Gasteiger partial charge on any atom is 0.348 e. The molecule has 1 N–H and O–H groups in total. The molecule has 4 rings (SSSR count). The Morgan fingerprint density at radius 1 is 1.16 bits per heavy atom. The van der Waals surface area contributed by atoms with E-state index in [2.05, 4.69) is 4.98 Å². The molecule has 4 aromatic rings. The summed E-state index contributed by atoms with van der Waals surface area (Å²) in [7, 11) is 1.24. The van der Waals surface area contributed by atoms with Gasteiger partial charge in [0.25, 0.3) is 5.56 Å². The van der Waals surface area contributed by atoms with Gasteiger partial charge >= 0.3 is 11.7 Å². The van der Waals surface area contributed by atoms with Gasteiger partial charge in [-0.1, -0.05) is 35.3 Å². The Morgan fingerprint density at radius 2 is 1.87 bits per heavy atom. The summed E-state index contributed by atoms with van der Waals surface area (Å²) in [5.74, 6) is -0.111. The summed E-state index contributed by atoms with van der Waals surface area (Å²) in [6.45, 7) is 0. The Labute approximate surface area is 194 Å².